The van der Waals surface area contributed by atoms with Crippen molar-refractivity contribution in [3.05, 3.63) is 66.2 Å². The predicted octanol–water partition coefficient (Wildman–Crippen LogP) is 3.16. The molecular weight excluding hydrogens is 236 g/mol. The maximum absolute atomic E-state index is 5.13. The van der Waals surface area contributed by atoms with E-state index < -0.39 is 0 Å². The molecule has 0 amide bonds. The van der Waals surface area contributed by atoms with Crippen LogP contribution in [0.2, 0.25) is 6.04 Å². The van der Waals surface area contributed by atoms with Crippen molar-refractivity contribution in [2.75, 3.05) is 7.11 Å². The fraction of sp³-hybridized carbons (Fsp3) is 0.125. The van der Waals surface area contributed by atoms with Crippen LogP contribution in [0.5, 0.6) is 5.75 Å². The lowest BCUT2D eigenvalue weighted by atomic mass is 10.2. The van der Waals surface area contributed by atoms with Gasteiger partial charge in [-0.15, -0.1) is 0 Å². The second-order valence-corrected chi connectivity index (χ2v) is 5.26. The summed E-state index contributed by atoms with van der Waals surface area (Å²) in [7, 11) is 2.53. The fourth-order valence-electron chi connectivity index (χ4n) is 1.64. The van der Waals surface area contributed by atoms with Gasteiger partial charge < -0.3 is 4.74 Å². The summed E-state index contributed by atoms with van der Waals surface area (Å²) in [5.74, 6) is 0.901. The lowest BCUT2D eigenvalue weighted by molar-refractivity contribution is 0.415. The van der Waals surface area contributed by atoms with E-state index in [2.05, 4.69) is 54.6 Å². The molecule has 0 spiro atoms. The molecule has 90 valence electrons. The van der Waals surface area contributed by atoms with E-state index in [4.69, 9.17) is 4.74 Å². The van der Waals surface area contributed by atoms with E-state index in [0.717, 1.165) is 21.3 Å². The molecule has 1 nitrogen and oxygen atoms in total. The molecule has 2 rings (SSSR count). The first-order valence-corrected chi connectivity index (χ1v) is 7.19. The van der Waals surface area contributed by atoms with Crippen molar-refractivity contribution in [1.29, 1.82) is 0 Å². The highest BCUT2D eigenvalue weighted by atomic mass is 28.2. The highest BCUT2D eigenvalue weighted by molar-refractivity contribution is 6.53. The van der Waals surface area contributed by atoms with E-state index in [1.165, 1.54) is 10.8 Å². The predicted molar refractivity (Wildman–Crippen MR) is 78.7 cm³/mol. The Bertz CT molecular complexity index is 488. The highest BCUT2D eigenvalue weighted by Gasteiger charge is 1.92. The second-order valence-electron chi connectivity index (χ2n) is 3.92. The summed E-state index contributed by atoms with van der Waals surface area (Å²) in [6.07, 6.45) is 4.39. The maximum atomic E-state index is 5.13. The van der Waals surface area contributed by atoms with E-state index in [0.29, 0.717) is 0 Å². The van der Waals surface area contributed by atoms with Gasteiger partial charge in [0.1, 0.15) is 5.75 Å². The monoisotopic (exact) mass is 252 g/mol. The first kappa shape index (κ1) is 12.6. The van der Waals surface area contributed by atoms with Crippen molar-refractivity contribution in [2.45, 2.75) is 6.04 Å². The molecule has 0 N–H and O–H groups in total. The van der Waals surface area contributed by atoms with Crippen LogP contribution in [-0.4, -0.2) is 16.6 Å². The van der Waals surface area contributed by atoms with Gasteiger partial charge in [0.05, 0.1) is 16.6 Å². The van der Waals surface area contributed by atoms with Crippen molar-refractivity contribution < 1.29 is 4.74 Å². The second kappa shape index (κ2) is 6.82. The van der Waals surface area contributed by atoms with Crippen molar-refractivity contribution in [1.82, 2.24) is 0 Å². The van der Waals surface area contributed by atoms with E-state index in [-0.39, 0.29) is 0 Å². The summed E-state index contributed by atoms with van der Waals surface area (Å²) in [6.45, 7) is 0. The SMILES string of the molecule is COc1ccc(/C=C\C[Si]c2ccccc2)cc1. The molecule has 18 heavy (non-hydrogen) atoms. The fourth-order valence-corrected chi connectivity index (χ4v) is 2.54. The summed E-state index contributed by atoms with van der Waals surface area (Å²) < 4.78 is 5.13. The summed E-state index contributed by atoms with van der Waals surface area (Å²) in [5.41, 5.74) is 1.22. The van der Waals surface area contributed by atoms with Gasteiger partial charge in [0.25, 0.3) is 0 Å². The third-order valence-electron chi connectivity index (χ3n) is 2.62. The van der Waals surface area contributed by atoms with E-state index in [9.17, 15) is 0 Å². The van der Waals surface area contributed by atoms with Crippen LogP contribution >= 0.6 is 0 Å². The smallest absolute Gasteiger partial charge is 0.118 e. The molecule has 0 unspecified atom stereocenters. The van der Waals surface area contributed by atoms with E-state index >= 15 is 0 Å². The van der Waals surface area contributed by atoms with Gasteiger partial charge in [-0.1, -0.05) is 59.8 Å². The van der Waals surface area contributed by atoms with Gasteiger partial charge >= 0.3 is 0 Å². The minimum absolute atomic E-state index is 0.842. The molecule has 0 aromatic heterocycles. The van der Waals surface area contributed by atoms with Gasteiger partial charge in [-0.2, -0.15) is 0 Å². The Hall–Kier alpha value is -1.80. The molecule has 0 aliphatic heterocycles. The van der Waals surface area contributed by atoms with Gasteiger partial charge in [0, 0.05) is 0 Å². The molecule has 0 fully saturated rings. The lowest BCUT2D eigenvalue weighted by Crippen LogP contribution is -2.11. The van der Waals surface area contributed by atoms with E-state index in [1.54, 1.807) is 7.11 Å². The van der Waals surface area contributed by atoms with Crippen molar-refractivity contribution in [3.8, 4) is 5.75 Å². The Labute approximate surface area is 111 Å². The zero-order chi connectivity index (χ0) is 12.6. The van der Waals surface area contributed by atoms with Crippen molar-refractivity contribution in [3.63, 3.8) is 0 Å². The van der Waals surface area contributed by atoms with Gasteiger partial charge in [0.2, 0.25) is 0 Å². The first-order chi connectivity index (χ1) is 8.88. The van der Waals surface area contributed by atoms with Gasteiger partial charge in [0.15, 0.2) is 0 Å². The molecule has 0 atom stereocenters. The number of allylic oxidation sites excluding steroid dienone is 1. The van der Waals surface area contributed by atoms with Crippen LogP contribution < -0.4 is 9.92 Å². The third-order valence-corrected chi connectivity index (χ3v) is 3.81. The van der Waals surface area contributed by atoms with Crippen molar-refractivity contribution in [2.24, 2.45) is 0 Å². The molecule has 2 aromatic carbocycles. The molecule has 0 saturated carbocycles. The number of hydrogen-bond donors (Lipinski definition) is 0. The molecule has 0 aliphatic rings. The third kappa shape index (κ3) is 3.89. The summed E-state index contributed by atoms with van der Waals surface area (Å²) in [6, 6.07) is 19.8. The first-order valence-electron chi connectivity index (χ1n) is 5.98. The van der Waals surface area contributed by atoms with Gasteiger partial charge in [-0.05, 0) is 23.7 Å². The number of methoxy groups -OCH3 is 1. The van der Waals surface area contributed by atoms with Crippen LogP contribution in [0.25, 0.3) is 6.08 Å². The zero-order valence-electron chi connectivity index (χ0n) is 10.5. The van der Waals surface area contributed by atoms with E-state index in [1.807, 2.05) is 12.1 Å². The molecule has 2 heteroatoms. The van der Waals surface area contributed by atoms with Crippen LogP contribution in [0.1, 0.15) is 5.56 Å². The molecule has 0 aliphatic carbocycles. The Kier molecular flexibility index (Phi) is 4.79. The average molecular weight is 252 g/mol. The lowest BCUT2D eigenvalue weighted by Gasteiger charge is -1.99. The van der Waals surface area contributed by atoms with Gasteiger partial charge in [-0.3, -0.25) is 0 Å². The number of hydrogen-bond acceptors (Lipinski definition) is 1. The Morgan fingerprint density at radius 1 is 1.00 bits per heavy atom. The zero-order valence-corrected chi connectivity index (χ0v) is 11.5. The largest absolute Gasteiger partial charge is 0.497 e. The van der Waals surface area contributed by atoms with Gasteiger partial charge in [-0.25, -0.2) is 0 Å². The van der Waals surface area contributed by atoms with Crippen LogP contribution in [0, 0.1) is 0 Å². The molecule has 0 heterocycles. The molecule has 0 saturated heterocycles. The standard InChI is InChI=1S/C16H16OSi/c1-17-15-11-9-14(10-12-15)6-5-13-18-16-7-3-2-4-8-16/h2-12H,13H2,1H3/b6-5-. The molecular formula is C16H16OSi. The maximum Gasteiger partial charge on any atom is 0.118 e. The Morgan fingerprint density at radius 3 is 2.39 bits per heavy atom. The molecule has 2 radical (unpaired) electrons. The minimum atomic E-state index is 0.842. The number of ether oxygens (including phenoxy) is 1. The van der Waals surface area contributed by atoms with Crippen molar-refractivity contribution >= 4 is 20.8 Å². The Balaban J connectivity index is 1.84. The quantitative estimate of drug-likeness (QED) is 0.743. The number of benzene rings is 2. The summed E-state index contributed by atoms with van der Waals surface area (Å²) >= 11 is 0. The van der Waals surface area contributed by atoms with Crippen LogP contribution in [0.4, 0.5) is 0 Å². The Morgan fingerprint density at radius 2 is 1.72 bits per heavy atom. The summed E-state index contributed by atoms with van der Waals surface area (Å²) in [5, 5.41) is 1.41. The average Bonchev–Trinajstić information content (AvgIpc) is 2.45. The minimum Gasteiger partial charge on any atom is -0.497 e. The highest BCUT2D eigenvalue weighted by Crippen LogP contribution is 2.12. The van der Waals surface area contributed by atoms with Crippen LogP contribution in [0.3, 0.4) is 0 Å². The molecule has 0 bridgehead atoms. The molecule has 2 aromatic rings. The normalized spacial score (nSPS) is 10.7. The van der Waals surface area contributed by atoms with Crippen LogP contribution in [0.15, 0.2) is 60.7 Å². The number of rotatable bonds is 5. The van der Waals surface area contributed by atoms with Crippen LogP contribution in [-0.2, 0) is 0 Å². The topological polar surface area (TPSA) is 9.23 Å². The summed E-state index contributed by atoms with van der Waals surface area (Å²) in [4.78, 5) is 0.